The van der Waals surface area contributed by atoms with Crippen molar-refractivity contribution in [1.29, 1.82) is 0 Å². The van der Waals surface area contributed by atoms with Crippen molar-refractivity contribution in [3.05, 3.63) is 64.7 Å². The third kappa shape index (κ3) is 3.18. The summed E-state index contributed by atoms with van der Waals surface area (Å²) < 4.78 is 13.2. The standard InChI is InChI=1S/C20H23FN2O/c1-3-5-14-6-7-15-12-19(18-9-8-16(21)13-22-18)23(10-4-2)20(24)17(15)11-14/h6-9,11,13,19H,3-5,10,12H2,1-2H3. The van der Waals surface area contributed by atoms with E-state index in [4.69, 9.17) is 0 Å². The Morgan fingerprint density at radius 2 is 2.04 bits per heavy atom. The lowest BCUT2D eigenvalue weighted by Crippen LogP contribution is -2.41. The summed E-state index contributed by atoms with van der Waals surface area (Å²) in [7, 11) is 0. The molecule has 4 heteroatoms. The first-order valence-electron chi connectivity index (χ1n) is 8.68. The van der Waals surface area contributed by atoms with Gasteiger partial charge >= 0.3 is 0 Å². The summed E-state index contributed by atoms with van der Waals surface area (Å²) in [5.74, 6) is -0.292. The number of nitrogens with zero attached hydrogens (tertiary/aromatic N) is 2. The topological polar surface area (TPSA) is 33.2 Å². The smallest absolute Gasteiger partial charge is 0.254 e. The average molecular weight is 326 g/mol. The maximum atomic E-state index is 13.2. The van der Waals surface area contributed by atoms with Gasteiger partial charge in [-0.1, -0.05) is 32.4 Å². The summed E-state index contributed by atoms with van der Waals surface area (Å²) in [5, 5.41) is 0. The lowest BCUT2D eigenvalue weighted by atomic mass is 9.89. The van der Waals surface area contributed by atoms with E-state index in [0.717, 1.165) is 42.5 Å². The van der Waals surface area contributed by atoms with Gasteiger partial charge in [0.2, 0.25) is 0 Å². The molecule has 2 aromatic rings. The number of fused-ring (bicyclic) bond motifs is 1. The zero-order chi connectivity index (χ0) is 17.1. The number of aryl methyl sites for hydroxylation is 1. The first-order chi connectivity index (χ1) is 11.6. The number of halogens is 1. The maximum Gasteiger partial charge on any atom is 0.254 e. The van der Waals surface area contributed by atoms with E-state index >= 15 is 0 Å². The van der Waals surface area contributed by atoms with Crippen molar-refractivity contribution in [3.63, 3.8) is 0 Å². The number of rotatable bonds is 5. The van der Waals surface area contributed by atoms with Crippen LogP contribution in [0.3, 0.4) is 0 Å². The van der Waals surface area contributed by atoms with Crippen LogP contribution in [0.1, 0.15) is 59.9 Å². The quantitative estimate of drug-likeness (QED) is 0.820. The highest BCUT2D eigenvalue weighted by Crippen LogP contribution is 2.33. The summed E-state index contributed by atoms with van der Waals surface area (Å²) in [6.45, 7) is 4.88. The van der Waals surface area contributed by atoms with Crippen LogP contribution in [0.5, 0.6) is 0 Å². The molecule has 24 heavy (non-hydrogen) atoms. The van der Waals surface area contributed by atoms with Crippen molar-refractivity contribution in [1.82, 2.24) is 9.88 Å². The SMILES string of the molecule is CCCc1ccc2c(c1)C(=O)N(CCC)C(c1ccc(F)cn1)C2. The molecule has 0 aliphatic carbocycles. The third-order valence-electron chi connectivity index (χ3n) is 4.55. The van der Waals surface area contributed by atoms with Crippen molar-refractivity contribution in [2.45, 2.75) is 45.6 Å². The lowest BCUT2D eigenvalue weighted by Gasteiger charge is -2.36. The molecule has 0 spiro atoms. The fourth-order valence-electron chi connectivity index (χ4n) is 3.41. The summed E-state index contributed by atoms with van der Waals surface area (Å²) in [5.41, 5.74) is 3.83. The molecule has 1 unspecified atom stereocenters. The fourth-order valence-corrected chi connectivity index (χ4v) is 3.41. The molecule has 1 aliphatic rings. The monoisotopic (exact) mass is 326 g/mol. The van der Waals surface area contributed by atoms with Gasteiger partial charge in [-0.2, -0.15) is 0 Å². The predicted octanol–water partition coefficient (Wildman–Crippen LogP) is 4.32. The highest BCUT2D eigenvalue weighted by atomic mass is 19.1. The zero-order valence-corrected chi connectivity index (χ0v) is 14.3. The van der Waals surface area contributed by atoms with Crippen LogP contribution in [0.2, 0.25) is 0 Å². The minimum atomic E-state index is -0.354. The fraction of sp³-hybridized carbons (Fsp3) is 0.400. The molecule has 1 aliphatic heterocycles. The van der Waals surface area contributed by atoms with E-state index in [1.54, 1.807) is 6.07 Å². The van der Waals surface area contributed by atoms with E-state index in [1.807, 2.05) is 11.0 Å². The van der Waals surface area contributed by atoms with E-state index in [1.165, 1.54) is 17.8 Å². The molecule has 0 radical (unpaired) electrons. The van der Waals surface area contributed by atoms with Gasteiger partial charge < -0.3 is 4.90 Å². The van der Waals surface area contributed by atoms with Crippen LogP contribution in [0.4, 0.5) is 4.39 Å². The van der Waals surface area contributed by atoms with Gasteiger partial charge in [0.1, 0.15) is 5.82 Å². The number of hydrogen-bond donors (Lipinski definition) is 0. The number of hydrogen-bond acceptors (Lipinski definition) is 2. The number of benzene rings is 1. The molecular weight excluding hydrogens is 303 g/mol. The molecule has 1 amide bonds. The summed E-state index contributed by atoms with van der Waals surface area (Å²) >= 11 is 0. The van der Waals surface area contributed by atoms with Gasteiger partial charge in [0, 0.05) is 12.1 Å². The van der Waals surface area contributed by atoms with Crippen LogP contribution in [0.15, 0.2) is 36.5 Å². The van der Waals surface area contributed by atoms with Gasteiger partial charge in [0.05, 0.1) is 17.9 Å². The summed E-state index contributed by atoms with van der Waals surface area (Å²) in [6, 6.07) is 9.20. The normalized spacial score (nSPS) is 17.0. The Bertz CT molecular complexity index is 727. The first-order valence-corrected chi connectivity index (χ1v) is 8.68. The lowest BCUT2D eigenvalue weighted by molar-refractivity contribution is 0.0643. The Morgan fingerprint density at radius 3 is 2.71 bits per heavy atom. The van der Waals surface area contributed by atoms with Crippen LogP contribution in [-0.2, 0) is 12.8 Å². The predicted molar refractivity (Wildman–Crippen MR) is 92.4 cm³/mol. The Morgan fingerprint density at radius 1 is 1.21 bits per heavy atom. The Labute approximate surface area is 142 Å². The molecule has 1 atom stereocenters. The number of carbonyl (C=O) groups excluding carboxylic acids is 1. The number of amides is 1. The van der Waals surface area contributed by atoms with Crippen molar-refractivity contribution in [3.8, 4) is 0 Å². The second-order valence-corrected chi connectivity index (χ2v) is 6.36. The number of pyridine rings is 1. The Hall–Kier alpha value is -2.23. The Kier molecular flexibility index (Phi) is 4.93. The molecule has 0 saturated carbocycles. The van der Waals surface area contributed by atoms with Crippen molar-refractivity contribution in [2.75, 3.05) is 6.54 Å². The van der Waals surface area contributed by atoms with Crippen LogP contribution >= 0.6 is 0 Å². The van der Waals surface area contributed by atoms with Crippen molar-refractivity contribution >= 4 is 5.91 Å². The molecule has 1 aromatic carbocycles. The largest absolute Gasteiger partial charge is 0.330 e. The van der Waals surface area contributed by atoms with Crippen molar-refractivity contribution < 1.29 is 9.18 Å². The zero-order valence-electron chi connectivity index (χ0n) is 14.3. The number of aromatic nitrogens is 1. The highest BCUT2D eigenvalue weighted by Gasteiger charge is 2.33. The van der Waals surface area contributed by atoms with Crippen LogP contribution < -0.4 is 0 Å². The molecule has 0 bridgehead atoms. The van der Waals surface area contributed by atoms with Gasteiger partial charge in [-0.25, -0.2) is 4.39 Å². The van der Waals surface area contributed by atoms with Crippen LogP contribution in [0.25, 0.3) is 0 Å². The van der Waals surface area contributed by atoms with Crippen LogP contribution in [0, 0.1) is 5.82 Å². The second kappa shape index (κ2) is 7.12. The molecule has 1 aromatic heterocycles. The molecule has 3 rings (SSSR count). The van der Waals surface area contributed by atoms with E-state index < -0.39 is 0 Å². The summed E-state index contributed by atoms with van der Waals surface area (Å²) in [4.78, 5) is 19.1. The first kappa shape index (κ1) is 16.6. The van der Waals surface area contributed by atoms with Gasteiger partial charge in [-0.3, -0.25) is 9.78 Å². The molecule has 0 fully saturated rings. The highest BCUT2D eigenvalue weighted by molar-refractivity contribution is 5.97. The molecule has 2 heterocycles. The van der Waals surface area contributed by atoms with Crippen molar-refractivity contribution in [2.24, 2.45) is 0 Å². The minimum Gasteiger partial charge on any atom is -0.330 e. The van der Waals surface area contributed by atoms with E-state index in [2.05, 4.69) is 31.0 Å². The van der Waals surface area contributed by atoms with E-state index in [0.29, 0.717) is 6.54 Å². The number of carbonyl (C=O) groups is 1. The van der Waals surface area contributed by atoms with E-state index in [-0.39, 0.29) is 17.8 Å². The molecule has 3 nitrogen and oxygen atoms in total. The van der Waals surface area contributed by atoms with Gasteiger partial charge in [-0.15, -0.1) is 0 Å². The van der Waals surface area contributed by atoms with Gasteiger partial charge in [0.25, 0.3) is 5.91 Å². The van der Waals surface area contributed by atoms with Gasteiger partial charge in [-0.05, 0) is 48.6 Å². The second-order valence-electron chi connectivity index (χ2n) is 6.36. The van der Waals surface area contributed by atoms with E-state index in [9.17, 15) is 9.18 Å². The molecule has 0 saturated heterocycles. The molecular formula is C20H23FN2O. The summed E-state index contributed by atoms with van der Waals surface area (Å²) in [6.07, 6.45) is 4.88. The molecule has 126 valence electrons. The molecule has 0 N–H and O–H groups in total. The minimum absolute atomic E-state index is 0.0622. The average Bonchev–Trinajstić information content (AvgIpc) is 2.59. The Balaban J connectivity index is 1.99. The maximum absolute atomic E-state index is 13.2. The van der Waals surface area contributed by atoms with Gasteiger partial charge in [0.15, 0.2) is 0 Å². The third-order valence-corrected chi connectivity index (χ3v) is 4.55. The van der Waals surface area contributed by atoms with Crippen LogP contribution in [-0.4, -0.2) is 22.3 Å².